The van der Waals surface area contributed by atoms with Gasteiger partial charge in [-0.2, -0.15) is 0 Å². The van der Waals surface area contributed by atoms with E-state index < -0.39 is 18.3 Å². The fourth-order valence-electron chi connectivity index (χ4n) is 2.58. The second kappa shape index (κ2) is 3.85. The van der Waals surface area contributed by atoms with Crippen LogP contribution < -0.4 is 0 Å². The fraction of sp³-hybridized carbons (Fsp3) is 0.909. The first-order valence-corrected chi connectivity index (χ1v) is 5.55. The molecule has 0 amide bonds. The summed E-state index contributed by atoms with van der Waals surface area (Å²) in [5, 5.41) is 19.1. The summed E-state index contributed by atoms with van der Waals surface area (Å²) in [6.45, 7) is 3.97. The van der Waals surface area contributed by atoms with Gasteiger partial charge in [0.1, 0.15) is 12.2 Å². The third-order valence-electron chi connectivity index (χ3n) is 3.31. The molecule has 4 heteroatoms. The number of carbonyl (C=O) groups excluding carboxylic acids is 1. The van der Waals surface area contributed by atoms with E-state index in [9.17, 15) is 15.0 Å². The largest absolute Gasteiger partial charge is 0.390 e. The van der Waals surface area contributed by atoms with Gasteiger partial charge in [-0.15, -0.1) is 0 Å². The zero-order valence-electron chi connectivity index (χ0n) is 9.09. The van der Waals surface area contributed by atoms with E-state index in [4.69, 9.17) is 4.74 Å². The third-order valence-corrected chi connectivity index (χ3v) is 3.31. The summed E-state index contributed by atoms with van der Waals surface area (Å²) in [6.07, 6.45) is -1.34. The quantitative estimate of drug-likeness (QED) is 0.700. The maximum absolute atomic E-state index is 11.8. The molecule has 2 aliphatic rings. The zero-order chi connectivity index (χ0) is 11.2. The van der Waals surface area contributed by atoms with Crippen LogP contribution in [0, 0.1) is 11.8 Å². The molecule has 0 radical (unpaired) electrons. The van der Waals surface area contributed by atoms with Gasteiger partial charge in [-0.3, -0.25) is 4.79 Å². The van der Waals surface area contributed by atoms with Crippen molar-refractivity contribution in [2.24, 2.45) is 11.8 Å². The number of carbonyl (C=O) groups is 1. The third kappa shape index (κ3) is 1.82. The molecule has 5 atom stereocenters. The van der Waals surface area contributed by atoms with Gasteiger partial charge in [-0.05, 0) is 12.3 Å². The molecular formula is C11H18O4. The van der Waals surface area contributed by atoms with Crippen LogP contribution in [0.3, 0.4) is 0 Å². The van der Waals surface area contributed by atoms with Crippen molar-refractivity contribution in [3.8, 4) is 0 Å². The number of ketones is 1. The molecular weight excluding hydrogens is 196 g/mol. The molecule has 0 spiro atoms. The monoisotopic (exact) mass is 214 g/mol. The number of Topliss-reactive ketones (excluding diaryl/α,β-unsaturated/α-hetero) is 1. The molecule has 0 unspecified atom stereocenters. The molecule has 1 aliphatic carbocycles. The van der Waals surface area contributed by atoms with E-state index in [0.29, 0.717) is 18.8 Å². The van der Waals surface area contributed by atoms with Crippen LogP contribution in [-0.4, -0.2) is 40.4 Å². The molecule has 2 fully saturated rings. The molecule has 2 bridgehead atoms. The van der Waals surface area contributed by atoms with Crippen molar-refractivity contribution >= 4 is 5.78 Å². The number of hydrogen-bond donors (Lipinski definition) is 2. The van der Waals surface area contributed by atoms with Crippen LogP contribution in [0.4, 0.5) is 0 Å². The Morgan fingerprint density at radius 3 is 2.53 bits per heavy atom. The van der Waals surface area contributed by atoms with Gasteiger partial charge in [0.25, 0.3) is 0 Å². The van der Waals surface area contributed by atoms with Gasteiger partial charge >= 0.3 is 0 Å². The van der Waals surface area contributed by atoms with Gasteiger partial charge in [-0.1, -0.05) is 13.8 Å². The van der Waals surface area contributed by atoms with Crippen molar-refractivity contribution in [2.75, 3.05) is 0 Å². The molecule has 1 saturated heterocycles. The summed E-state index contributed by atoms with van der Waals surface area (Å²) in [7, 11) is 0. The molecule has 1 heterocycles. The van der Waals surface area contributed by atoms with Crippen LogP contribution in [0.1, 0.15) is 26.7 Å². The Labute approximate surface area is 89.2 Å². The van der Waals surface area contributed by atoms with E-state index in [1.54, 1.807) is 0 Å². The van der Waals surface area contributed by atoms with Crippen molar-refractivity contribution in [2.45, 2.75) is 51.1 Å². The second-order valence-corrected chi connectivity index (χ2v) is 5.04. The maximum atomic E-state index is 11.8. The van der Waals surface area contributed by atoms with Crippen LogP contribution in [0.5, 0.6) is 0 Å². The average Bonchev–Trinajstić information content (AvgIpc) is 2.67. The van der Waals surface area contributed by atoms with Crippen LogP contribution in [0.15, 0.2) is 0 Å². The van der Waals surface area contributed by atoms with Crippen LogP contribution in [-0.2, 0) is 9.53 Å². The molecule has 1 saturated carbocycles. The zero-order valence-corrected chi connectivity index (χ0v) is 9.09. The maximum Gasteiger partial charge on any atom is 0.162 e. The van der Waals surface area contributed by atoms with Gasteiger partial charge in [0.05, 0.1) is 12.2 Å². The van der Waals surface area contributed by atoms with Crippen molar-refractivity contribution in [1.82, 2.24) is 0 Å². The molecule has 2 N–H and O–H groups in total. The summed E-state index contributed by atoms with van der Waals surface area (Å²) in [4.78, 5) is 11.8. The van der Waals surface area contributed by atoms with E-state index in [0.717, 1.165) is 0 Å². The number of fused-ring (bicyclic) bond motifs is 2. The lowest BCUT2D eigenvalue weighted by Crippen LogP contribution is -2.46. The predicted octanol–water partition coefficient (Wildman–Crippen LogP) is 0.111. The highest BCUT2D eigenvalue weighted by Gasteiger charge is 2.54. The summed E-state index contributed by atoms with van der Waals surface area (Å²) in [5.41, 5.74) is 0. The smallest absolute Gasteiger partial charge is 0.162 e. The molecule has 0 aromatic heterocycles. The number of ether oxygens (including phenoxy) is 1. The Morgan fingerprint density at radius 1 is 1.40 bits per heavy atom. The van der Waals surface area contributed by atoms with Crippen LogP contribution >= 0.6 is 0 Å². The van der Waals surface area contributed by atoms with E-state index in [2.05, 4.69) is 0 Å². The highest BCUT2D eigenvalue weighted by molar-refractivity contribution is 5.84. The molecule has 2 rings (SSSR count). The number of hydrogen-bond acceptors (Lipinski definition) is 4. The van der Waals surface area contributed by atoms with E-state index in [1.165, 1.54) is 0 Å². The normalized spacial score (nSPS) is 43.9. The first kappa shape index (κ1) is 11.0. The van der Waals surface area contributed by atoms with Gasteiger partial charge < -0.3 is 14.9 Å². The number of aliphatic hydroxyl groups is 2. The minimum absolute atomic E-state index is 0.0588. The van der Waals surface area contributed by atoms with Gasteiger partial charge in [-0.25, -0.2) is 0 Å². The Kier molecular flexibility index (Phi) is 2.83. The van der Waals surface area contributed by atoms with Gasteiger partial charge in [0.2, 0.25) is 0 Å². The Bertz CT molecular complexity index is 261. The highest BCUT2D eigenvalue weighted by atomic mass is 16.5. The molecule has 0 aromatic rings. The minimum atomic E-state index is -0.807. The molecule has 1 aliphatic heterocycles. The SMILES string of the molecule is CC(C)CC(=O)[C@@H]1O[C@@H]2C[C@H]1[C@@H](O)[C@H]2O. The van der Waals surface area contributed by atoms with Gasteiger partial charge in [0.15, 0.2) is 5.78 Å². The number of aliphatic hydroxyl groups excluding tert-OH is 2. The first-order valence-electron chi connectivity index (χ1n) is 5.55. The summed E-state index contributed by atoms with van der Waals surface area (Å²) >= 11 is 0. The van der Waals surface area contributed by atoms with Gasteiger partial charge in [0, 0.05) is 12.3 Å². The Morgan fingerprint density at radius 2 is 2.07 bits per heavy atom. The van der Waals surface area contributed by atoms with E-state index in [-0.39, 0.29) is 17.8 Å². The van der Waals surface area contributed by atoms with E-state index in [1.807, 2.05) is 13.8 Å². The molecule has 0 aromatic carbocycles. The lowest BCUT2D eigenvalue weighted by atomic mass is 9.92. The van der Waals surface area contributed by atoms with Crippen molar-refractivity contribution in [3.05, 3.63) is 0 Å². The summed E-state index contributed by atoms with van der Waals surface area (Å²) in [5.74, 6) is 0.169. The highest BCUT2D eigenvalue weighted by Crippen LogP contribution is 2.41. The second-order valence-electron chi connectivity index (χ2n) is 5.04. The standard InChI is InChI=1S/C11H18O4/c1-5(2)3-7(12)11-6-4-8(15-11)10(14)9(6)13/h5-6,8-11,13-14H,3-4H2,1-2H3/t6-,8+,9+,10-,11+/m0/s1. The van der Waals surface area contributed by atoms with Crippen molar-refractivity contribution in [1.29, 1.82) is 0 Å². The lowest BCUT2D eigenvalue weighted by molar-refractivity contribution is -0.155. The van der Waals surface area contributed by atoms with Crippen LogP contribution in [0.2, 0.25) is 0 Å². The summed E-state index contributed by atoms with van der Waals surface area (Å²) in [6, 6.07) is 0. The molecule has 4 nitrogen and oxygen atoms in total. The predicted molar refractivity (Wildman–Crippen MR) is 53.2 cm³/mol. The van der Waals surface area contributed by atoms with Crippen molar-refractivity contribution in [3.63, 3.8) is 0 Å². The molecule has 15 heavy (non-hydrogen) atoms. The fourth-order valence-corrected chi connectivity index (χ4v) is 2.58. The average molecular weight is 214 g/mol. The Balaban J connectivity index is 2.00. The van der Waals surface area contributed by atoms with E-state index >= 15 is 0 Å². The molecule has 86 valence electrons. The van der Waals surface area contributed by atoms with Crippen molar-refractivity contribution < 1.29 is 19.7 Å². The number of rotatable bonds is 3. The minimum Gasteiger partial charge on any atom is -0.390 e. The lowest BCUT2D eigenvalue weighted by Gasteiger charge is -2.29. The van der Waals surface area contributed by atoms with Crippen LogP contribution in [0.25, 0.3) is 0 Å². The Hall–Kier alpha value is -0.450. The topological polar surface area (TPSA) is 66.8 Å². The first-order chi connectivity index (χ1) is 7.00. The summed E-state index contributed by atoms with van der Waals surface area (Å²) < 4.78 is 5.45.